The van der Waals surface area contributed by atoms with Crippen LogP contribution in [0, 0.1) is 6.92 Å². The highest BCUT2D eigenvalue weighted by Crippen LogP contribution is 2.33. The number of nitrogens with zero attached hydrogens (tertiary/aromatic N) is 2. The third-order valence-electron chi connectivity index (χ3n) is 8.97. The maximum atomic E-state index is 13.0. The van der Waals surface area contributed by atoms with E-state index in [1.54, 1.807) is 17.4 Å². The first-order valence-electron chi connectivity index (χ1n) is 15.8. The van der Waals surface area contributed by atoms with Crippen molar-refractivity contribution in [1.29, 1.82) is 0 Å². The number of aromatic hydroxyl groups is 1. The van der Waals surface area contributed by atoms with Crippen molar-refractivity contribution in [3.63, 3.8) is 0 Å². The first kappa shape index (κ1) is 32.1. The molecule has 3 aromatic rings. The summed E-state index contributed by atoms with van der Waals surface area (Å²) >= 11 is 2.56. The number of aromatic nitrogens is 1. The van der Waals surface area contributed by atoms with Gasteiger partial charge in [-0.1, -0.05) is 49.5 Å². The number of hydrogen-bond acceptors (Lipinski definition) is 9. The molecule has 43 heavy (non-hydrogen) atoms. The van der Waals surface area contributed by atoms with Crippen LogP contribution < -0.4 is 10.2 Å². The normalized spacial score (nSPS) is 18.0. The molecule has 0 aliphatic carbocycles. The highest BCUT2D eigenvalue weighted by atomic mass is 32.1. The van der Waals surface area contributed by atoms with Crippen molar-refractivity contribution in [2.75, 3.05) is 52.4 Å². The Morgan fingerprint density at radius 3 is 2.58 bits per heavy atom. The fraction of sp³-hybridized carbons (Fsp3) is 0.625. The van der Waals surface area contributed by atoms with Crippen molar-refractivity contribution in [3.05, 3.63) is 49.3 Å². The van der Waals surface area contributed by atoms with Crippen LogP contribution in [-0.4, -0.2) is 88.9 Å². The van der Waals surface area contributed by atoms with E-state index < -0.39 is 6.10 Å². The largest absolute Gasteiger partial charge is 0.506 e. The Labute approximate surface area is 261 Å². The summed E-state index contributed by atoms with van der Waals surface area (Å²) in [5.41, 5.74) is 1.96. The average Bonchev–Trinajstić information content (AvgIpc) is 3.62. The molecule has 11 heteroatoms. The molecule has 4 heterocycles. The molecule has 0 radical (unpaired) electrons. The van der Waals surface area contributed by atoms with Gasteiger partial charge in [-0.05, 0) is 68.8 Å². The topological polar surface area (TPSA) is 118 Å². The monoisotopic (exact) mass is 630 g/mol. The summed E-state index contributed by atoms with van der Waals surface area (Å²) in [5.74, 6) is 0.191. The minimum absolute atomic E-state index is 0.0263. The highest BCUT2D eigenvalue weighted by molar-refractivity contribution is 7.16. The van der Waals surface area contributed by atoms with Gasteiger partial charge in [-0.3, -0.25) is 9.59 Å². The number of fused-ring (bicyclic) bond motifs is 1. The van der Waals surface area contributed by atoms with Crippen molar-refractivity contribution < 1.29 is 19.7 Å². The number of thiophene rings is 1. The van der Waals surface area contributed by atoms with Crippen molar-refractivity contribution in [1.82, 2.24) is 20.1 Å². The smallest absolute Gasteiger partial charge is 0.305 e. The van der Waals surface area contributed by atoms with Crippen LogP contribution in [0.4, 0.5) is 0 Å². The van der Waals surface area contributed by atoms with E-state index in [4.69, 9.17) is 4.74 Å². The van der Waals surface area contributed by atoms with Crippen LogP contribution in [0.3, 0.4) is 0 Å². The number of aromatic amines is 1. The van der Waals surface area contributed by atoms with Crippen molar-refractivity contribution >= 4 is 38.8 Å². The van der Waals surface area contributed by atoms with Gasteiger partial charge in [0.15, 0.2) is 0 Å². The number of H-pyrrole nitrogens is 1. The summed E-state index contributed by atoms with van der Waals surface area (Å²) in [6.45, 7) is 8.55. The molecule has 2 saturated heterocycles. The number of aliphatic hydroxyl groups excluding tert-OH is 1. The zero-order valence-electron chi connectivity index (χ0n) is 25.2. The van der Waals surface area contributed by atoms with Crippen LogP contribution >= 0.6 is 22.7 Å². The van der Waals surface area contributed by atoms with Gasteiger partial charge in [0.25, 0.3) is 5.91 Å². The molecule has 9 nitrogen and oxygen atoms in total. The second-order valence-electron chi connectivity index (χ2n) is 12.1. The van der Waals surface area contributed by atoms with Gasteiger partial charge >= 0.3 is 4.87 Å². The molecule has 0 saturated carbocycles. The van der Waals surface area contributed by atoms with Crippen LogP contribution in [-0.2, 0) is 4.74 Å². The number of nitrogens with one attached hydrogen (secondary N) is 2. The summed E-state index contributed by atoms with van der Waals surface area (Å²) in [5, 5.41) is 25.9. The molecule has 2 aromatic heterocycles. The fourth-order valence-corrected chi connectivity index (χ4v) is 8.17. The summed E-state index contributed by atoms with van der Waals surface area (Å²) in [7, 11) is 0. The second kappa shape index (κ2) is 15.1. The zero-order valence-corrected chi connectivity index (χ0v) is 26.9. The number of aliphatic hydroxyl groups is 1. The number of carbonyl (C=O) groups is 1. The first-order chi connectivity index (χ1) is 20.8. The molecule has 1 atom stereocenters. The molecule has 2 aliphatic rings. The van der Waals surface area contributed by atoms with E-state index in [9.17, 15) is 19.8 Å². The lowest BCUT2D eigenvalue weighted by atomic mass is 9.89. The lowest BCUT2D eigenvalue weighted by molar-refractivity contribution is -0.127. The number of morpholine rings is 1. The van der Waals surface area contributed by atoms with Gasteiger partial charge in [0, 0.05) is 31.7 Å². The van der Waals surface area contributed by atoms with Crippen molar-refractivity contribution in [2.45, 2.75) is 76.4 Å². The van der Waals surface area contributed by atoms with E-state index in [-0.39, 0.29) is 22.1 Å². The third kappa shape index (κ3) is 8.26. The number of carbonyl (C=O) groups excluding carboxylic acids is 1. The minimum Gasteiger partial charge on any atom is -0.506 e. The van der Waals surface area contributed by atoms with Crippen molar-refractivity contribution in [3.8, 4) is 5.75 Å². The molecule has 236 valence electrons. The van der Waals surface area contributed by atoms with Gasteiger partial charge < -0.3 is 35.1 Å². The summed E-state index contributed by atoms with van der Waals surface area (Å²) in [6, 6.07) is 5.23. The van der Waals surface area contributed by atoms with Gasteiger partial charge in [-0.2, -0.15) is 0 Å². The number of ether oxygens (including phenoxy) is 1. The first-order valence-corrected chi connectivity index (χ1v) is 17.5. The number of unbranched alkanes of at least 4 members (excludes halogenated alkanes) is 6. The number of likely N-dealkylation sites (tertiary alicyclic amines) is 1. The van der Waals surface area contributed by atoms with Crippen LogP contribution in [0.25, 0.3) is 10.2 Å². The van der Waals surface area contributed by atoms with Crippen molar-refractivity contribution in [2.24, 2.45) is 0 Å². The van der Waals surface area contributed by atoms with E-state index in [1.807, 2.05) is 23.3 Å². The molecule has 2 aliphatic heterocycles. The minimum atomic E-state index is -0.727. The quantitative estimate of drug-likeness (QED) is 0.185. The van der Waals surface area contributed by atoms with Gasteiger partial charge in [-0.15, -0.1) is 11.3 Å². The summed E-state index contributed by atoms with van der Waals surface area (Å²) in [6.07, 6.45) is 9.76. The predicted molar refractivity (Wildman–Crippen MR) is 174 cm³/mol. The van der Waals surface area contributed by atoms with Gasteiger partial charge in [0.1, 0.15) is 11.3 Å². The van der Waals surface area contributed by atoms with Gasteiger partial charge in [0.2, 0.25) is 0 Å². The Kier molecular flexibility index (Phi) is 11.3. The standard InChI is InChI=1S/C32H46N4O5S2/c1-23-11-20-42-28(23)30(39)36-18-19-41-32(22-36)12-16-35(17-13-32)15-8-6-4-2-3-5-7-14-33-21-26(38)24-9-10-25(37)27-29(24)43-31(40)34-27/h9-11,20,26,33,37-38H,2-8,12-19,21-22H2,1H3,(H,34,40). The number of aryl methyl sites for hydroxylation is 1. The molecule has 1 amide bonds. The number of hydrogen-bond donors (Lipinski definition) is 4. The molecular formula is C32H46N4O5S2. The zero-order chi connectivity index (χ0) is 30.2. The highest BCUT2D eigenvalue weighted by Gasteiger charge is 2.41. The fourth-order valence-electron chi connectivity index (χ4n) is 6.36. The maximum Gasteiger partial charge on any atom is 0.305 e. The number of piperidine rings is 1. The molecule has 0 bridgehead atoms. The van der Waals surface area contributed by atoms with Crippen LogP contribution in [0.5, 0.6) is 5.75 Å². The molecular weight excluding hydrogens is 585 g/mol. The SMILES string of the molecule is Cc1ccsc1C(=O)N1CCOC2(CCN(CCCCCCCCCNCC(O)c3ccc(O)c4[nH]c(=O)sc34)CC2)C1. The molecule has 5 rings (SSSR count). The molecule has 1 spiro atoms. The second-order valence-corrected chi connectivity index (χ2v) is 14.0. The van der Waals surface area contributed by atoms with Gasteiger partial charge in [-0.25, -0.2) is 0 Å². The summed E-state index contributed by atoms with van der Waals surface area (Å²) < 4.78 is 6.90. The lowest BCUT2D eigenvalue weighted by Gasteiger charge is -2.47. The number of benzene rings is 1. The molecule has 4 N–H and O–H groups in total. The lowest BCUT2D eigenvalue weighted by Crippen LogP contribution is -2.58. The van der Waals surface area contributed by atoms with Crippen LogP contribution in [0.15, 0.2) is 28.4 Å². The Morgan fingerprint density at radius 1 is 1.09 bits per heavy atom. The Balaban J connectivity index is 0.885. The molecule has 1 unspecified atom stereocenters. The van der Waals surface area contributed by atoms with E-state index in [2.05, 4.69) is 15.2 Å². The average molecular weight is 631 g/mol. The number of phenols is 1. The predicted octanol–water partition coefficient (Wildman–Crippen LogP) is 5.03. The van der Waals surface area contributed by atoms with Crippen LogP contribution in [0.2, 0.25) is 0 Å². The van der Waals surface area contributed by atoms with E-state index in [0.29, 0.717) is 42.0 Å². The van der Waals surface area contributed by atoms with Crippen LogP contribution in [0.1, 0.15) is 84.7 Å². The van der Waals surface area contributed by atoms with Gasteiger partial charge in [0.05, 0.1) is 34.4 Å². The summed E-state index contributed by atoms with van der Waals surface area (Å²) in [4.78, 5) is 32.6. The van der Waals surface area contributed by atoms with E-state index in [0.717, 1.165) is 67.2 Å². The molecule has 1 aromatic carbocycles. The number of phenolic OH excluding ortho intramolecular Hbond substituents is 1. The third-order valence-corrected chi connectivity index (χ3v) is 10.9. The maximum absolute atomic E-state index is 13.0. The number of rotatable bonds is 14. The van der Waals surface area contributed by atoms with E-state index >= 15 is 0 Å². The van der Waals surface area contributed by atoms with E-state index in [1.165, 1.54) is 44.6 Å². The Hall–Kier alpha value is -2.28. The Morgan fingerprint density at radius 2 is 1.84 bits per heavy atom. The number of thiazole rings is 1. The Bertz CT molecular complexity index is 1390. The molecule has 2 fully saturated rings. The number of amides is 1.